The van der Waals surface area contributed by atoms with Gasteiger partial charge in [-0.1, -0.05) is 12.1 Å². The summed E-state index contributed by atoms with van der Waals surface area (Å²) in [5, 5.41) is 0. The fourth-order valence-corrected chi connectivity index (χ4v) is 0.625. The van der Waals surface area contributed by atoms with Crippen LogP contribution in [0.4, 0.5) is 0 Å². The fourth-order valence-electron chi connectivity index (χ4n) is 0.625. The number of hydrogen-bond acceptors (Lipinski definition) is 2. The zero-order valence-corrected chi connectivity index (χ0v) is 9.26. The Balaban J connectivity index is 0.000000206. The maximum atomic E-state index is 3.78. The van der Waals surface area contributed by atoms with Crippen LogP contribution in [0.3, 0.4) is 0 Å². The molecule has 70 valence electrons. The third-order valence-electron chi connectivity index (χ3n) is 1.13. The predicted octanol–water partition coefficient (Wildman–Crippen LogP) is 2.16. The summed E-state index contributed by atoms with van der Waals surface area (Å²) in [5.41, 5.74) is 0. The van der Waals surface area contributed by atoms with Gasteiger partial charge in [0.15, 0.2) is 0 Å². The van der Waals surface area contributed by atoms with Crippen molar-refractivity contribution in [1.29, 1.82) is 0 Å². The molecule has 2 aromatic heterocycles. The minimum Gasteiger partial charge on any atom is -0.265 e. The molecule has 0 aliphatic heterocycles. The number of pyridine rings is 2. The molecule has 13 heavy (non-hydrogen) atoms. The van der Waals surface area contributed by atoms with E-state index in [0.717, 1.165) is 0 Å². The minimum absolute atomic E-state index is 0. The van der Waals surface area contributed by atoms with Gasteiger partial charge in [-0.2, -0.15) is 0 Å². The second kappa shape index (κ2) is 9.08. The van der Waals surface area contributed by atoms with Gasteiger partial charge in [0.25, 0.3) is 0 Å². The smallest absolute Gasteiger partial charge is 0.0267 e. The van der Waals surface area contributed by atoms with Gasteiger partial charge in [0.05, 0.1) is 0 Å². The third-order valence-corrected chi connectivity index (χ3v) is 1.13. The molecular formula is C10H10N2Pt. The van der Waals surface area contributed by atoms with Crippen LogP contribution in [0.1, 0.15) is 0 Å². The predicted molar refractivity (Wildman–Crippen MR) is 48.5 cm³/mol. The van der Waals surface area contributed by atoms with E-state index in [0.29, 0.717) is 0 Å². The maximum absolute atomic E-state index is 3.78. The normalized spacial score (nSPS) is 7.38. The van der Waals surface area contributed by atoms with Gasteiger partial charge in [-0.05, 0) is 24.3 Å². The molecule has 0 fully saturated rings. The molecule has 0 saturated carbocycles. The molecule has 0 bridgehead atoms. The molecule has 3 heteroatoms. The van der Waals surface area contributed by atoms with E-state index >= 15 is 0 Å². The summed E-state index contributed by atoms with van der Waals surface area (Å²) in [6, 6.07) is 11.4. The molecule has 0 aromatic carbocycles. The molecule has 0 aliphatic carbocycles. The Morgan fingerprint density at radius 2 is 0.769 bits per heavy atom. The van der Waals surface area contributed by atoms with Crippen LogP contribution >= 0.6 is 0 Å². The number of aromatic nitrogens is 2. The van der Waals surface area contributed by atoms with E-state index in [1.807, 2.05) is 36.4 Å². The molecule has 2 nitrogen and oxygen atoms in total. The topological polar surface area (TPSA) is 25.8 Å². The van der Waals surface area contributed by atoms with Crippen molar-refractivity contribution in [2.24, 2.45) is 0 Å². The van der Waals surface area contributed by atoms with E-state index in [1.54, 1.807) is 24.8 Å². The van der Waals surface area contributed by atoms with Crippen molar-refractivity contribution in [3.8, 4) is 0 Å². The fraction of sp³-hybridized carbons (Fsp3) is 0. The van der Waals surface area contributed by atoms with Crippen LogP contribution in [-0.4, -0.2) is 9.97 Å². The van der Waals surface area contributed by atoms with Crippen molar-refractivity contribution >= 4 is 0 Å². The Labute approximate surface area is 92.3 Å². The van der Waals surface area contributed by atoms with E-state index < -0.39 is 0 Å². The zero-order valence-electron chi connectivity index (χ0n) is 6.98. The van der Waals surface area contributed by atoms with Gasteiger partial charge in [-0.25, -0.2) is 0 Å². The van der Waals surface area contributed by atoms with Gasteiger partial charge in [-0.3, -0.25) is 9.97 Å². The summed E-state index contributed by atoms with van der Waals surface area (Å²) in [6.45, 7) is 0. The summed E-state index contributed by atoms with van der Waals surface area (Å²) < 4.78 is 0. The second-order valence-electron chi connectivity index (χ2n) is 2.05. The van der Waals surface area contributed by atoms with Crippen molar-refractivity contribution in [1.82, 2.24) is 9.97 Å². The van der Waals surface area contributed by atoms with E-state index in [-0.39, 0.29) is 21.1 Å². The van der Waals surface area contributed by atoms with Crippen LogP contribution in [0.15, 0.2) is 61.2 Å². The van der Waals surface area contributed by atoms with Gasteiger partial charge >= 0.3 is 0 Å². The van der Waals surface area contributed by atoms with Gasteiger partial charge in [0.1, 0.15) is 0 Å². The van der Waals surface area contributed by atoms with Gasteiger partial charge in [0, 0.05) is 45.9 Å². The van der Waals surface area contributed by atoms with Crippen LogP contribution in [-0.2, 0) is 21.1 Å². The molecular weight excluding hydrogens is 343 g/mol. The molecule has 2 heterocycles. The Hall–Kier alpha value is -1.01. The Bertz CT molecular complexity index is 188. The van der Waals surface area contributed by atoms with Crippen molar-refractivity contribution in [3.05, 3.63) is 61.2 Å². The molecule has 2 aromatic rings. The van der Waals surface area contributed by atoms with Crippen LogP contribution in [0, 0.1) is 0 Å². The minimum atomic E-state index is 0. The monoisotopic (exact) mass is 353 g/mol. The van der Waals surface area contributed by atoms with Gasteiger partial charge < -0.3 is 0 Å². The van der Waals surface area contributed by atoms with Gasteiger partial charge in [0.2, 0.25) is 0 Å². The summed E-state index contributed by atoms with van der Waals surface area (Å²) >= 11 is 0. The van der Waals surface area contributed by atoms with Crippen molar-refractivity contribution < 1.29 is 21.1 Å². The van der Waals surface area contributed by atoms with Crippen LogP contribution in [0.5, 0.6) is 0 Å². The molecule has 0 atom stereocenters. The molecule has 0 radical (unpaired) electrons. The van der Waals surface area contributed by atoms with Crippen molar-refractivity contribution in [3.63, 3.8) is 0 Å². The number of nitrogens with zero attached hydrogens (tertiary/aromatic N) is 2. The molecule has 0 amide bonds. The Morgan fingerprint density at radius 1 is 0.462 bits per heavy atom. The number of rotatable bonds is 0. The first-order valence-corrected chi connectivity index (χ1v) is 3.70. The maximum Gasteiger partial charge on any atom is 0.0267 e. The summed E-state index contributed by atoms with van der Waals surface area (Å²) in [7, 11) is 0. The van der Waals surface area contributed by atoms with Crippen LogP contribution in [0.2, 0.25) is 0 Å². The summed E-state index contributed by atoms with van der Waals surface area (Å²) in [5.74, 6) is 0. The van der Waals surface area contributed by atoms with Crippen LogP contribution in [0.25, 0.3) is 0 Å². The average molecular weight is 353 g/mol. The third kappa shape index (κ3) is 7.35. The molecule has 0 spiro atoms. The van der Waals surface area contributed by atoms with E-state index in [9.17, 15) is 0 Å². The second-order valence-corrected chi connectivity index (χ2v) is 2.05. The Morgan fingerprint density at radius 3 is 0.846 bits per heavy atom. The molecule has 0 N–H and O–H groups in total. The summed E-state index contributed by atoms with van der Waals surface area (Å²) in [6.07, 6.45) is 7.00. The zero-order chi connectivity index (χ0) is 8.49. The molecule has 0 aliphatic rings. The van der Waals surface area contributed by atoms with Crippen molar-refractivity contribution in [2.75, 3.05) is 0 Å². The number of hydrogen-bond donors (Lipinski definition) is 0. The SMILES string of the molecule is [Pt].c1ccncc1.c1ccncc1. The Kier molecular flexibility index (Phi) is 8.37. The van der Waals surface area contributed by atoms with E-state index in [4.69, 9.17) is 0 Å². The first-order valence-electron chi connectivity index (χ1n) is 3.70. The first kappa shape index (κ1) is 12.0. The summed E-state index contributed by atoms with van der Waals surface area (Å²) in [4.78, 5) is 7.57. The van der Waals surface area contributed by atoms with Crippen molar-refractivity contribution in [2.45, 2.75) is 0 Å². The van der Waals surface area contributed by atoms with Gasteiger partial charge in [-0.15, -0.1) is 0 Å². The first-order chi connectivity index (χ1) is 6.00. The van der Waals surface area contributed by atoms with E-state index in [1.165, 1.54) is 0 Å². The largest absolute Gasteiger partial charge is 0.265 e. The van der Waals surface area contributed by atoms with E-state index in [2.05, 4.69) is 9.97 Å². The molecule has 0 unspecified atom stereocenters. The van der Waals surface area contributed by atoms with Crippen LogP contribution < -0.4 is 0 Å². The average Bonchev–Trinajstić information content (AvgIpc) is 2.24. The quantitative estimate of drug-likeness (QED) is 0.726. The molecule has 2 rings (SSSR count). The molecule has 0 saturated heterocycles. The standard InChI is InChI=1S/2C5H5N.Pt/c2*1-2-4-6-5-3-1;/h2*1-5H;.